The van der Waals surface area contributed by atoms with Gasteiger partial charge in [-0.15, -0.1) is 0 Å². The van der Waals surface area contributed by atoms with Crippen molar-refractivity contribution in [3.05, 3.63) is 0 Å². The highest BCUT2D eigenvalue weighted by atomic mass is 15.2. The average molecular weight is 254 g/mol. The zero-order chi connectivity index (χ0) is 13.4. The number of hydrogen-bond donors (Lipinski definition) is 1. The first kappa shape index (κ1) is 16.0. The molecule has 1 rings (SSSR count). The molecule has 0 amide bonds. The van der Waals surface area contributed by atoms with Gasteiger partial charge in [-0.1, -0.05) is 34.1 Å². The Kier molecular flexibility index (Phi) is 7.25. The van der Waals surface area contributed by atoms with Gasteiger partial charge in [0.05, 0.1) is 0 Å². The summed E-state index contributed by atoms with van der Waals surface area (Å²) in [4.78, 5) is 2.79. The molecule has 0 spiro atoms. The van der Waals surface area contributed by atoms with Crippen molar-refractivity contribution in [2.45, 2.75) is 84.2 Å². The SMILES string of the molecule is CCCNC(CCC)C(CC)(CC)N1CCCC1. The van der Waals surface area contributed by atoms with Crippen molar-refractivity contribution in [1.29, 1.82) is 0 Å². The number of rotatable bonds is 9. The summed E-state index contributed by atoms with van der Waals surface area (Å²) in [6.07, 6.45) is 9.21. The normalized spacial score (nSPS) is 19.3. The highest BCUT2D eigenvalue weighted by molar-refractivity contribution is 5.00. The molecule has 1 atom stereocenters. The van der Waals surface area contributed by atoms with Crippen LogP contribution in [0.1, 0.15) is 72.6 Å². The number of nitrogens with one attached hydrogen (secondary N) is 1. The van der Waals surface area contributed by atoms with Crippen LogP contribution in [0, 0.1) is 0 Å². The Hall–Kier alpha value is -0.0800. The highest BCUT2D eigenvalue weighted by Gasteiger charge is 2.41. The molecule has 18 heavy (non-hydrogen) atoms. The largest absolute Gasteiger partial charge is 0.312 e. The molecule has 0 radical (unpaired) electrons. The first-order chi connectivity index (χ1) is 8.75. The zero-order valence-corrected chi connectivity index (χ0v) is 13.1. The van der Waals surface area contributed by atoms with Gasteiger partial charge in [-0.3, -0.25) is 4.90 Å². The predicted octanol–water partition coefficient (Wildman–Crippen LogP) is 3.81. The summed E-state index contributed by atoms with van der Waals surface area (Å²) in [5, 5.41) is 3.85. The smallest absolute Gasteiger partial charge is 0.0357 e. The molecule has 1 unspecified atom stereocenters. The lowest BCUT2D eigenvalue weighted by Gasteiger charge is -2.47. The summed E-state index contributed by atoms with van der Waals surface area (Å²) in [5.41, 5.74) is 0.404. The fourth-order valence-electron chi connectivity index (χ4n) is 3.74. The standard InChI is InChI=1S/C16H34N2/c1-5-11-15(17-12-6-2)16(7-3,8-4)18-13-9-10-14-18/h15,17H,5-14H2,1-4H3. The van der Waals surface area contributed by atoms with Crippen LogP contribution in [-0.2, 0) is 0 Å². The maximum Gasteiger partial charge on any atom is 0.0357 e. The van der Waals surface area contributed by atoms with E-state index in [0.29, 0.717) is 11.6 Å². The molecule has 0 bridgehead atoms. The third kappa shape index (κ3) is 3.48. The Morgan fingerprint density at radius 3 is 2.06 bits per heavy atom. The van der Waals surface area contributed by atoms with Gasteiger partial charge in [-0.25, -0.2) is 0 Å². The van der Waals surface area contributed by atoms with Crippen LogP contribution in [0.15, 0.2) is 0 Å². The van der Waals surface area contributed by atoms with Gasteiger partial charge in [0.15, 0.2) is 0 Å². The van der Waals surface area contributed by atoms with E-state index in [1.54, 1.807) is 0 Å². The maximum atomic E-state index is 3.85. The van der Waals surface area contributed by atoms with Gasteiger partial charge in [0.25, 0.3) is 0 Å². The summed E-state index contributed by atoms with van der Waals surface area (Å²) in [5.74, 6) is 0. The van der Waals surface area contributed by atoms with Gasteiger partial charge in [-0.05, 0) is 58.2 Å². The van der Waals surface area contributed by atoms with Gasteiger partial charge in [0, 0.05) is 11.6 Å². The molecular weight excluding hydrogens is 220 g/mol. The van der Waals surface area contributed by atoms with Crippen LogP contribution in [0.2, 0.25) is 0 Å². The van der Waals surface area contributed by atoms with Crippen molar-refractivity contribution in [3.8, 4) is 0 Å². The minimum atomic E-state index is 0.404. The van der Waals surface area contributed by atoms with Crippen molar-refractivity contribution < 1.29 is 0 Å². The van der Waals surface area contributed by atoms with E-state index < -0.39 is 0 Å². The average Bonchev–Trinajstić information content (AvgIpc) is 2.92. The number of nitrogens with zero attached hydrogens (tertiary/aromatic N) is 1. The number of hydrogen-bond acceptors (Lipinski definition) is 2. The van der Waals surface area contributed by atoms with Crippen LogP contribution in [0.4, 0.5) is 0 Å². The molecule has 0 aromatic carbocycles. The summed E-state index contributed by atoms with van der Waals surface area (Å²) >= 11 is 0. The zero-order valence-electron chi connectivity index (χ0n) is 13.1. The Morgan fingerprint density at radius 1 is 1.00 bits per heavy atom. The molecule has 108 valence electrons. The molecule has 2 nitrogen and oxygen atoms in total. The molecule has 0 aliphatic carbocycles. The van der Waals surface area contributed by atoms with E-state index >= 15 is 0 Å². The molecule has 1 aliphatic rings. The van der Waals surface area contributed by atoms with Crippen LogP contribution < -0.4 is 5.32 Å². The molecule has 0 aromatic heterocycles. The molecule has 2 heteroatoms. The molecule has 0 aromatic rings. The van der Waals surface area contributed by atoms with Gasteiger partial charge in [-0.2, -0.15) is 0 Å². The lowest BCUT2D eigenvalue weighted by molar-refractivity contribution is 0.0583. The van der Waals surface area contributed by atoms with E-state index in [2.05, 4.69) is 37.9 Å². The molecule has 0 saturated carbocycles. The van der Waals surface area contributed by atoms with Crippen LogP contribution in [0.25, 0.3) is 0 Å². The number of likely N-dealkylation sites (tertiary alicyclic amines) is 1. The van der Waals surface area contributed by atoms with E-state index in [9.17, 15) is 0 Å². The van der Waals surface area contributed by atoms with E-state index in [0.717, 1.165) is 0 Å². The summed E-state index contributed by atoms with van der Waals surface area (Å²) in [7, 11) is 0. The second-order valence-corrected chi connectivity index (χ2v) is 5.80. The van der Waals surface area contributed by atoms with E-state index in [-0.39, 0.29) is 0 Å². The van der Waals surface area contributed by atoms with Crippen LogP contribution >= 0.6 is 0 Å². The second-order valence-electron chi connectivity index (χ2n) is 5.80. The van der Waals surface area contributed by atoms with Crippen molar-refractivity contribution in [3.63, 3.8) is 0 Å². The lowest BCUT2D eigenvalue weighted by Crippen LogP contribution is -2.60. The highest BCUT2D eigenvalue weighted by Crippen LogP contribution is 2.33. The Balaban J connectivity index is 2.81. The van der Waals surface area contributed by atoms with Crippen LogP contribution in [0.5, 0.6) is 0 Å². The molecule has 1 aliphatic heterocycles. The summed E-state index contributed by atoms with van der Waals surface area (Å²) in [6, 6.07) is 0.676. The fraction of sp³-hybridized carbons (Fsp3) is 1.00. The minimum absolute atomic E-state index is 0.404. The Morgan fingerprint density at radius 2 is 1.61 bits per heavy atom. The van der Waals surface area contributed by atoms with E-state index in [1.807, 2.05) is 0 Å². The van der Waals surface area contributed by atoms with Crippen molar-refractivity contribution in [2.24, 2.45) is 0 Å². The fourth-order valence-corrected chi connectivity index (χ4v) is 3.74. The first-order valence-corrected chi connectivity index (χ1v) is 8.23. The first-order valence-electron chi connectivity index (χ1n) is 8.23. The van der Waals surface area contributed by atoms with Gasteiger partial charge >= 0.3 is 0 Å². The topological polar surface area (TPSA) is 15.3 Å². The van der Waals surface area contributed by atoms with Crippen LogP contribution in [-0.4, -0.2) is 36.1 Å². The molecule has 1 saturated heterocycles. The lowest BCUT2D eigenvalue weighted by atomic mass is 9.80. The predicted molar refractivity (Wildman–Crippen MR) is 81.1 cm³/mol. The molecular formula is C16H34N2. The molecule has 1 heterocycles. The Labute approximate surface area is 115 Å². The monoisotopic (exact) mass is 254 g/mol. The summed E-state index contributed by atoms with van der Waals surface area (Å²) < 4.78 is 0. The maximum absolute atomic E-state index is 3.85. The second kappa shape index (κ2) is 8.16. The third-order valence-electron chi connectivity index (χ3n) is 4.83. The Bertz CT molecular complexity index is 205. The van der Waals surface area contributed by atoms with Crippen molar-refractivity contribution in [2.75, 3.05) is 19.6 Å². The van der Waals surface area contributed by atoms with Crippen molar-refractivity contribution in [1.82, 2.24) is 10.2 Å². The molecule has 1 fully saturated rings. The molecule has 1 N–H and O–H groups in total. The van der Waals surface area contributed by atoms with Gasteiger partial charge in [0.2, 0.25) is 0 Å². The van der Waals surface area contributed by atoms with E-state index in [4.69, 9.17) is 0 Å². The van der Waals surface area contributed by atoms with Gasteiger partial charge < -0.3 is 5.32 Å². The van der Waals surface area contributed by atoms with Crippen LogP contribution in [0.3, 0.4) is 0 Å². The summed E-state index contributed by atoms with van der Waals surface area (Å²) in [6.45, 7) is 13.2. The quantitative estimate of drug-likeness (QED) is 0.673. The van der Waals surface area contributed by atoms with E-state index in [1.165, 1.54) is 64.6 Å². The van der Waals surface area contributed by atoms with Crippen molar-refractivity contribution >= 4 is 0 Å². The van der Waals surface area contributed by atoms with Gasteiger partial charge in [0.1, 0.15) is 0 Å². The minimum Gasteiger partial charge on any atom is -0.312 e. The third-order valence-corrected chi connectivity index (χ3v) is 4.83.